The number of hydrogen-bond donors (Lipinski definition) is 1. The third-order valence-electron chi connectivity index (χ3n) is 3.03. The van der Waals surface area contributed by atoms with Gasteiger partial charge in [0.05, 0.1) is 6.04 Å². The molecule has 0 aliphatic carbocycles. The Morgan fingerprint density at radius 1 is 1.39 bits per heavy atom. The molecule has 1 aromatic carbocycles. The van der Waals surface area contributed by atoms with E-state index in [0.29, 0.717) is 0 Å². The molecule has 3 nitrogen and oxygen atoms in total. The molecule has 0 spiro atoms. The van der Waals surface area contributed by atoms with Gasteiger partial charge in [0.25, 0.3) is 0 Å². The smallest absolute Gasteiger partial charge is 0.130 e. The fraction of sp³-hybridized carbons (Fsp3) is 0.357. The van der Waals surface area contributed by atoms with E-state index in [1.165, 1.54) is 0 Å². The number of nitrogens with one attached hydrogen (secondary N) is 1. The lowest BCUT2D eigenvalue weighted by atomic mass is 10.0. The van der Waals surface area contributed by atoms with Crippen molar-refractivity contribution in [3.8, 4) is 0 Å². The van der Waals surface area contributed by atoms with Gasteiger partial charge < -0.3 is 9.88 Å². The number of halogens is 1. The average molecular weight is 264 g/mol. The van der Waals surface area contributed by atoms with Crippen LogP contribution >= 0.6 is 11.6 Å². The SMILES string of the molecule is CCn1ccnc1C(NC)c1cc(C)cc(Cl)c1. The zero-order valence-corrected chi connectivity index (χ0v) is 11.7. The van der Waals surface area contributed by atoms with Crippen molar-refractivity contribution in [2.24, 2.45) is 0 Å². The van der Waals surface area contributed by atoms with Crippen LogP contribution in [0.3, 0.4) is 0 Å². The molecular weight excluding hydrogens is 246 g/mol. The van der Waals surface area contributed by atoms with Gasteiger partial charge in [-0.15, -0.1) is 0 Å². The van der Waals surface area contributed by atoms with Crippen molar-refractivity contribution >= 4 is 11.6 Å². The Labute approximate surface area is 113 Å². The van der Waals surface area contributed by atoms with Crippen LogP contribution in [0.4, 0.5) is 0 Å². The second kappa shape index (κ2) is 5.55. The fourth-order valence-electron chi connectivity index (χ4n) is 2.22. The molecule has 1 aromatic heterocycles. The third-order valence-corrected chi connectivity index (χ3v) is 3.25. The van der Waals surface area contributed by atoms with Crippen LogP contribution in [0, 0.1) is 6.92 Å². The van der Waals surface area contributed by atoms with E-state index < -0.39 is 0 Å². The number of benzene rings is 1. The minimum Gasteiger partial charge on any atom is -0.334 e. The first-order valence-corrected chi connectivity index (χ1v) is 6.49. The van der Waals surface area contributed by atoms with Crippen LogP contribution in [-0.4, -0.2) is 16.6 Å². The highest BCUT2D eigenvalue weighted by atomic mass is 35.5. The monoisotopic (exact) mass is 263 g/mol. The summed E-state index contributed by atoms with van der Waals surface area (Å²) in [7, 11) is 1.94. The van der Waals surface area contributed by atoms with Crippen LogP contribution in [0.5, 0.6) is 0 Å². The molecule has 0 fully saturated rings. The van der Waals surface area contributed by atoms with Gasteiger partial charge in [-0.2, -0.15) is 0 Å². The Balaban J connectivity index is 2.45. The molecule has 1 unspecified atom stereocenters. The topological polar surface area (TPSA) is 29.9 Å². The molecule has 1 atom stereocenters. The second-order valence-corrected chi connectivity index (χ2v) is 4.79. The summed E-state index contributed by atoms with van der Waals surface area (Å²) in [6, 6.07) is 6.16. The molecule has 0 bridgehead atoms. The van der Waals surface area contributed by atoms with Gasteiger partial charge in [0.1, 0.15) is 5.82 Å². The summed E-state index contributed by atoms with van der Waals surface area (Å²) in [5, 5.41) is 4.07. The summed E-state index contributed by atoms with van der Waals surface area (Å²) in [5.41, 5.74) is 2.30. The zero-order chi connectivity index (χ0) is 13.1. The highest BCUT2D eigenvalue weighted by Crippen LogP contribution is 2.24. The lowest BCUT2D eigenvalue weighted by Crippen LogP contribution is -2.22. The van der Waals surface area contributed by atoms with Crippen molar-refractivity contribution in [2.75, 3.05) is 7.05 Å². The maximum Gasteiger partial charge on any atom is 0.130 e. The Hall–Kier alpha value is -1.32. The van der Waals surface area contributed by atoms with Crippen molar-refractivity contribution in [1.82, 2.24) is 14.9 Å². The van der Waals surface area contributed by atoms with Gasteiger partial charge in [0.2, 0.25) is 0 Å². The van der Waals surface area contributed by atoms with Gasteiger partial charge in [-0.25, -0.2) is 4.98 Å². The fourth-order valence-corrected chi connectivity index (χ4v) is 2.52. The average Bonchev–Trinajstić information content (AvgIpc) is 2.77. The number of imidazole rings is 1. The van der Waals surface area contributed by atoms with Crippen LogP contribution in [0.2, 0.25) is 5.02 Å². The lowest BCUT2D eigenvalue weighted by Gasteiger charge is -2.18. The Morgan fingerprint density at radius 2 is 2.17 bits per heavy atom. The summed E-state index contributed by atoms with van der Waals surface area (Å²) in [5.74, 6) is 1.02. The van der Waals surface area contributed by atoms with E-state index in [1.54, 1.807) is 0 Å². The molecule has 0 radical (unpaired) electrons. The van der Waals surface area contributed by atoms with E-state index >= 15 is 0 Å². The van der Waals surface area contributed by atoms with Gasteiger partial charge in [-0.05, 0) is 44.2 Å². The second-order valence-electron chi connectivity index (χ2n) is 4.36. The molecule has 0 saturated carbocycles. The molecular formula is C14H18ClN3. The number of rotatable bonds is 4. The van der Waals surface area contributed by atoms with E-state index in [2.05, 4.69) is 27.9 Å². The first-order chi connectivity index (χ1) is 8.65. The maximum atomic E-state index is 6.13. The highest BCUT2D eigenvalue weighted by molar-refractivity contribution is 6.30. The lowest BCUT2D eigenvalue weighted by molar-refractivity contribution is 0.590. The Bertz CT molecular complexity index is 513. The normalized spacial score (nSPS) is 12.7. The summed E-state index contributed by atoms with van der Waals surface area (Å²) in [6.45, 7) is 5.07. The summed E-state index contributed by atoms with van der Waals surface area (Å²) in [6.07, 6.45) is 3.83. The molecule has 2 aromatic rings. The Morgan fingerprint density at radius 3 is 2.78 bits per heavy atom. The van der Waals surface area contributed by atoms with E-state index in [9.17, 15) is 0 Å². The van der Waals surface area contributed by atoms with Crippen LogP contribution in [0.15, 0.2) is 30.6 Å². The van der Waals surface area contributed by atoms with Crippen LogP contribution < -0.4 is 5.32 Å². The summed E-state index contributed by atoms with van der Waals surface area (Å²) < 4.78 is 2.14. The molecule has 96 valence electrons. The molecule has 0 aliphatic rings. The van der Waals surface area contributed by atoms with Crippen molar-refractivity contribution in [3.63, 3.8) is 0 Å². The first kappa shape index (κ1) is 13.1. The Kier molecular flexibility index (Phi) is 4.04. The van der Waals surface area contributed by atoms with Gasteiger partial charge in [0.15, 0.2) is 0 Å². The predicted octanol–water partition coefficient (Wildman–Crippen LogP) is 3.17. The molecule has 0 saturated heterocycles. The summed E-state index contributed by atoms with van der Waals surface area (Å²) in [4.78, 5) is 4.45. The van der Waals surface area contributed by atoms with Crippen LogP contribution in [-0.2, 0) is 6.54 Å². The first-order valence-electron chi connectivity index (χ1n) is 6.11. The molecule has 0 amide bonds. The molecule has 4 heteroatoms. The van der Waals surface area contributed by atoms with E-state index in [-0.39, 0.29) is 6.04 Å². The molecule has 2 rings (SSSR count). The van der Waals surface area contributed by atoms with E-state index in [0.717, 1.165) is 28.5 Å². The standard InChI is InChI=1S/C14H18ClN3/c1-4-18-6-5-17-14(18)13(16-3)11-7-10(2)8-12(15)9-11/h5-9,13,16H,4H2,1-3H3. The highest BCUT2D eigenvalue weighted by Gasteiger charge is 2.17. The van der Waals surface area contributed by atoms with Crippen molar-refractivity contribution in [3.05, 3.63) is 52.6 Å². The van der Waals surface area contributed by atoms with Gasteiger partial charge in [-0.1, -0.05) is 17.7 Å². The largest absolute Gasteiger partial charge is 0.334 e. The van der Waals surface area contributed by atoms with Crippen LogP contribution in [0.25, 0.3) is 0 Å². The third kappa shape index (κ3) is 2.57. The number of aryl methyl sites for hydroxylation is 2. The minimum atomic E-state index is 0.0670. The maximum absolute atomic E-state index is 6.13. The van der Waals surface area contributed by atoms with Crippen molar-refractivity contribution in [1.29, 1.82) is 0 Å². The van der Waals surface area contributed by atoms with Gasteiger partial charge in [0, 0.05) is 24.0 Å². The predicted molar refractivity (Wildman–Crippen MR) is 75.0 cm³/mol. The molecule has 0 aliphatic heterocycles. The van der Waals surface area contributed by atoms with Crippen molar-refractivity contribution < 1.29 is 0 Å². The van der Waals surface area contributed by atoms with Crippen LogP contribution in [0.1, 0.15) is 29.9 Å². The minimum absolute atomic E-state index is 0.0670. The number of hydrogen-bond acceptors (Lipinski definition) is 2. The van der Waals surface area contributed by atoms with E-state index in [4.69, 9.17) is 11.6 Å². The molecule has 1 N–H and O–H groups in total. The quantitative estimate of drug-likeness (QED) is 0.918. The summed E-state index contributed by atoms with van der Waals surface area (Å²) >= 11 is 6.13. The zero-order valence-electron chi connectivity index (χ0n) is 10.9. The molecule has 1 heterocycles. The van der Waals surface area contributed by atoms with Crippen molar-refractivity contribution in [2.45, 2.75) is 26.4 Å². The molecule has 18 heavy (non-hydrogen) atoms. The number of aromatic nitrogens is 2. The number of nitrogens with zero attached hydrogens (tertiary/aromatic N) is 2. The van der Waals surface area contributed by atoms with Gasteiger partial charge in [-0.3, -0.25) is 0 Å². The van der Waals surface area contributed by atoms with Gasteiger partial charge >= 0.3 is 0 Å². The van der Waals surface area contributed by atoms with E-state index in [1.807, 2.05) is 38.5 Å².